The highest BCUT2D eigenvalue weighted by molar-refractivity contribution is 14.0. The van der Waals surface area contributed by atoms with Gasteiger partial charge >= 0.3 is 6.09 Å². The SMILES string of the molecule is CCN1CCCC1CN=C(N)NC1CN(C(=O)OC(C)(C)C)C1.I. The van der Waals surface area contributed by atoms with Crippen LogP contribution in [0.3, 0.4) is 0 Å². The third-order valence-electron chi connectivity index (χ3n) is 4.26. The summed E-state index contributed by atoms with van der Waals surface area (Å²) in [6.45, 7) is 12.0. The molecule has 2 aliphatic heterocycles. The van der Waals surface area contributed by atoms with Crippen LogP contribution in [-0.4, -0.2) is 72.3 Å². The number of amides is 1. The lowest BCUT2D eigenvalue weighted by atomic mass is 10.1. The van der Waals surface area contributed by atoms with Gasteiger partial charge in [0.2, 0.25) is 0 Å². The monoisotopic (exact) mass is 453 g/mol. The maximum atomic E-state index is 11.9. The molecule has 2 rings (SSSR count). The number of carbonyl (C=O) groups is 1. The number of likely N-dealkylation sites (N-methyl/N-ethyl adjacent to an activating group) is 1. The number of nitrogens with two attached hydrogens (primary N) is 1. The van der Waals surface area contributed by atoms with E-state index in [0.717, 1.165) is 19.6 Å². The highest BCUT2D eigenvalue weighted by Crippen LogP contribution is 2.17. The number of ether oxygens (including phenoxy) is 1. The van der Waals surface area contributed by atoms with Crippen LogP contribution in [0.15, 0.2) is 4.99 Å². The molecule has 1 unspecified atom stereocenters. The first kappa shape index (κ1) is 21.3. The molecular formula is C16H32IN5O2. The van der Waals surface area contributed by atoms with E-state index in [1.165, 1.54) is 12.8 Å². The van der Waals surface area contributed by atoms with E-state index in [9.17, 15) is 4.79 Å². The van der Waals surface area contributed by atoms with E-state index in [2.05, 4.69) is 22.1 Å². The van der Waals surface area contributed by atoms with Gasteiger partial charge in [0.1, 0.15) is 5.60 Å². The number of carbonyl (C=O) groups excluding carboxylic acids is 1. The average Bonchev–Trinajstić information content (AvgIpc) is 2.85. The molecule has 2 saturated heterocycles. The van der Waals surface area contributed by atoms with Crippen LogP contribution in [0.2, 0.25) is 0 Å². The number of rotatable bonds is 4. The van der Waals surface area contributed by atoms with Gasteiger partial charge in [-0.15, -0.1) is 24.0 Å². The van der Waals surface area contributed by atoms with Crippen molar-refractivity contribution in [3.05, 3.63) is 0 Å². The molecule has 0 bridgehead atoms. The van der Waals surface area contributed by atoms with Crippen LogP contribution in [0.4, 0.5) is 4.79 Å². The Morgan fingerprint density at radius 2 is 2.04 bits per heavy atom. The molecule has 8 heteroatoms. The zero-order valence-electron chi connectivity index (χ0n) is 15.2. The number of nitrogens with zero attached hydrogens (tertiary/aromatic N) is 3. The molecule has 140 valence electrons. The van der Waals surface area contributed by atoms with Gasteiger partial charge in [0, 0.05) is 19.1 Å². The van der Waals surface area contributed by atoms with E-state index < -0.39 is 5.60 Å². The van der Waals surface area contributed by atoms with Gasteiger partial charge < -0.3 is 20.7 Å². The first-order chi connectivity index (χ1) is 10.8. The summed E-state index contributed by atoms with van der Waals surface area (Å²) in [4.78, 5) is 20.4. The molecule has 2 heterocycles. The van der Waals surface area contributed by atoms with Gasteiger partial charge in [-0.3, -0.25) is 9.89 Å². The summed E-state index contributed by atoms with van der Waals surface area (Å²) >= 11 is 0. The van der Waals surface area contributed by atoms with Crippen molar-refractivity contribution in [3.8, 4) is 0 Å². The predicted molar refractivity (Wildman–Crippen MR) is 107 cm³/mol. The summed E-state index contributed by atoms with van der Waals surface area (Å²) in [5.41, 5.74) is 5.50. The fourth-order valence-corrected chi connectivity index (χ4v) is 3.02. The fraction of sp³-hybridized carbons (Fsp3) is 0.875. The zero-order valence-corrected chi connectivity index (χ0v) is 17.6. The lowest BCUT2D eigenvalue weighted by Crippen LogP contribution is -2.62. The van der Waals surface area contributed by atoms with Crippen LogP contribution >= 0.6 is 24.0 Å². The molecule has 1 atom stereocenters. The molecule has 0 aromatic heterocycles. The molecule has 2 aliphatic rings. The van der Waals surface area contributed by atoms with Crippen LogP contribution in [0.25, 0.3) is 0 Å². The van der Waals surface area contributed by atoms with Gasteiger partial charge in [-0.1, -0.05) is 6.92 Å². The molecule has 0 radical (unpaired) electrons. The highest BCUT2D eigenvalue weighted by atomic mass is 127. The van der Waals surface area contributed by atoms with Crippen LogP contribution in [0, 0.1) is 0 Å². The van der Waals surface area contributed by atoms with Gasteiger partial charge in [0.05, 0.1) is 12.6 Å². The summed E-state index contributed by atoms with van der Waals surface area (Å²) in [6.07, 6.45) is 2.17. The number of nitrogens with one attached hydrogen (secondary N) is 1. The lowest BCUT2D eigenvalue weighted by Gasteiger charge is -2.40. The molecule has 2 fully saturated rings. The minimum atomic E-state index is -0.456. The summed E-state index contributed by atoms with van der Waals surface area (Å²) in [5.74, 6) is 0.474. The molecule has 0 aliphatic carbocycles. The van der Waals surface area contributed by atoms with Crippen molar-refractivity contribution in [2.45, 2.75) is 58.2 Å². The molecule has 0 saturated carbocycles. The zero-order chi connectivity index (χ0) is 17.0. The van der Waals surface area contributed by atoms with E-state index in [4.69, 9.17) is 10.5 Å². The van der Waals surface area contributed by atoms with Crippen LogP contribution < -0.4 is 11.1 Å². The number of guanidine groups is 1. The number of hydrogen-bond acceptors (Lipinski definition) is 4. The number of likely N-dealkylation sites (tertiary alicyclic amines) is 2. The van der Waals surface area contributed by atoms with Gasteiger partial charge in [0.15, 0.2) is 5.96 Å². The molecule has 7 nitrogen and oxygen atoms in total. The van der Waals surface area contributed by atoms with E-state index in [1.54, 1.807) is 4.90 Å². The lowest BCUT2D eigenvalue weighted by molar-refractivity contribution is 0.00705. The molecule has 1 amide bonds. The van der Waals surface area contributed by atoms with Gasteiger partial charge in [-0.05, 0) is 46.7 Å². The van der Waals surface area contributed by atoms with Crippen LogP contribution in [-0.2, 0) is 4.74 Å². The fourth-order valence-electron chi connectivity index (χ4n) is 3.02. The molecule has 24 heavy (non-hydrogen) atoms. The van der Waals surface area contributed by atoms with Crippen LogP contribution in [0.5, 0.6) is 0 Å². The average molecular weight is 453 g/mol. The first-order valence-corrected chi connectivity index (χ1v) is 8.57. The Morgan fingerprint density at radius 1 is 1.38 bits per heavy atom. The minimum absolute atomic E-state index is 0. The molecule has 3 N–H and O–H groups in total. The van der Waals surface area contributed by atoms with Crippen molar-refractivity contribution in [1.82, 2.24) is 15.1 Å². The van der Waals surface area contributed by atoms with Crippen molar-refractivity contribution in [1.29, 1.82) is 0 Å². The van der Waals surface area contributed by atoms with Crippen molar-refractivity contribution in [2.24, 2.45) is 10.7 Å². The first-order valence-electron chi connectivity index (χ1n) is 8.57. The van der Waals surface area contributed by atoms with Gasteiger partial charge in [-0.25, -0.2) is 4.79 Å². The maximum absolute atomic E-state index is 11.9. The Hall–Kier alpha value is -0.770. The summed E-state index contributed by atoms with van der Waals surface area (Å²) < 4.78 is 5.33. The third-order valence-corrected chi connectivity index (χ3v) is 4.26. The Kier molecular flexibility index (Phi) is 8.04. The van der Waals surface area contributed by atoms with Crippen molar-refractivity contribution in [2.75, 3.05) is 32.7 Å². The Morgan fingerprint density at radius 3 is 2.62 bits per heavy atom. The smallest absolute Gasteiger partial charge is 0.410 e. The predicted octanol–water partition coefficient (Wildman–Crippen LogP) is 1.61. The van der Waals surface area contributed by atoms with E-state index in [1.807, 2.05) is 20.8 Å². The second kappa shape index (κ2) is 9.07. The van der Waals surface area contributed by atoms with Crippen molar-refractivity contribution < 1.29 is 9.53 Å². The summed E-state index contributed by atoms with van der Waals surface area (Å²) in [5, 5.41) is 3.18. The van der Waals surface area contributed by atoms with E-state index in [0.29, 0.717) is 25.1 Å². The molecule has 0 spiro atoms. The standard InChI is InChI=1S/C16H31N5O2.HI/c1-5-20-8-6-7-13(20)9-18-14(17)19-12-10-21(11-12)15(22)23-16(2,3)4;/h12-13H,5-11H2,1-4H3,(H3,17,18,19);1H. The van der Waals surface area contributed by atoms with Gasteiger partial charge in [0.25, 0.3) is 0 Å². The highest BCUT2D eigenvalue weighted by Gasteiger charge is 2.34. The van der Waals surface area contributed by atoms with E-state index in [-0.39, 0.29) is 36.1 Å². The van der Waals surface area contributed by atoms with Gasteiger partial charge in [-0.2, -0.15) is 0 Å². The number of aliphatic imine (C=N–C) groups is 1. The quantitative estimate of drug-likeness (QED) is 0.384. The second-order valence-corrected chi connectivity index (χ2v) is 7.38. The van der Waals surface area contributed by atoms with Crippen LogP contribution in [0.1, 0.15) is 40.5 Å². The Bertz CT molecular complexity index is 446. The topological polar surface area (TPSA) is 83.2 Å². The summed E-state index contributed by atoms with van der Waals surface area (Å²) in [7, 11) is 0. The largest absolute Gasteiger partial charge is 0.444 e. The molecular weight excluding hydrogens is 421 g/mol. The Labute approximate surface area is 162 Å². The Balaban J connectivity index is 0.00000288. The summed E-state index contributed by atoms with van der Waals surface area (Å²) in [6, 6.07) is 0.678. The molecule has 0 aromatic carbocycles. The minimum Gasteiger partial charge on any atom is -0.444 e. The van der Waals surface area contributed by atoms with Crippen molar-refractivity contribution >= 4 is 36.0 Å². The number of halogens is 1. The number of hydrogen-bond donors (Lipinski definition) is 2. The maximum Gasteiger partial charge on any atom is 0.410 e. The van der Waals surface area contributed by atoms with E-state index >= 15 is 0 Å². The van der Waals surface area contributed by atoms with Crippen molar-refractivity contribution in [3.63, 3.8) is 0 Å². The third kappa shape index (κ3) is 6.27. The second-order valence-electron chi connectivity index (χ2n) is 7.38. The molecule has 0 aromatic rings. The normalized spacial score (nSPS) is 22.8.